The van der Waals surface area contributed by atoms with Crippen molar-refractivity contribution in [3.05, 3.63) is 33.9 Å². The van der Waals surface area contributed by atoms with Crippen molar-refractivity contribution in [2.45, 2.75) is 26.7 Å². The van der Waals surface area contributed by atoms with Crippen LogP contribution in [0.3, 0.4) is 0 Å². The van der Waals surface area contributed by atoms with Crippen molar-refractivity contribution < 1.29 is 19.2 Å². The normalized spacial score (nSPS) is 9.90. The molecule has 20 heavy (non-hydrogen) atoms. The summed E-state index contributed by atoms with van der Waals surface area (Å²) in [6.07, 6.45) is -0.0470. The number of rotatable bonds is 6. The second-order valence-corrected chi connectivity index (χ2v) is 4.11. The number of anilines is 1. The Labute approximate surface area is 116 Å². The zero-order valence-corrected chi connectivity index (χ0v) is 11.3. The Hall–Kier alpha value is -2.44. The number of carbonyl (C=O) groups excluding carboxylic acids is 2. The second kappa shape index (κ2) is 7.22. The van der Waals surface area contributed by atoms with Crippen LogP contribution in [0.1, 0.15) is 25.3 Å². The lowest BCUT2D eigenvalue weighted by Crippen LogP contribution is -2.15. The third-order valence-corrected chi connectivity index (χ3v) is 2.57. The number of non-ortho nitro benzene ring substituents is 1. The van der Waals surface area contributed by atoms with Crippen LogP contribution in [0.5, 0.6) is 0 Å². The number of carbonyl (C=O) groups is 2. The molecule has 1 rings (SSSR count). The summed E-state index contributed by atoms with van der Waals surface area (Å²) in [4.78, 5) is 32.9. The Kier molecular flexibility index (Phi) is 5.64. The first kappa shape index (κ1) is 15.6. The largest absolute Gasteiger partial charge is 0.466 e. The number of nitrogens with zero attached hydrogens (tertiary/aromatic N) is 1. The van der Waals surface area contributed by atoms with Crippen LogP contribution in [0.2, 0.25) is 0 Å². The zero-order valence-electron chi connectivity index (χ0n) is 11.3. The number of esters is 1. The third kappa shape index (κ3) is 4.68. The van der Waals surface area contributed by atoms with Crippen molar-refractivity contribution in [2.75, 3.05) is 11.9 Å². The number of ether oxygens (including phenoxy) is 1. The summed E-state index contributed by atoms with van der Waals surface area (Å²) >= 11 is 0. The van der Waals surface area contributed by atoms with Crippen molar-refractivity contribution in [3.8, 4) is 0 Å². The van der Waals surface area contributed by atoms with E-state index < -0.39 is 10.9 Å². The van der Waals surface area contributed by atoms with Crippen molar-refractivity contribution >= 4 is 23.3 Å². The van der Waals surface area contributed by atoms with Gasteiger partial charge in [-0.05, 0) is 19.4 Å². The summed E-state index contributed by atoms with van der Waals surface area (Å²) in [7, 11) is 0. The number of benzene rings is 1. The predicted octanol–water partition coefficient (Wildman–Crippen LogP) is 2.19. The topological polar surface area (TPSA) is 98.5 Å². The van der Waals surface area contributed by atoms with Gasteiger partial charge in [0.05, 0.1) is 23.6 Å². The Morgan fingerprint density at radius 1 is 1.35 bits per heavy atom. The SMILES string of the molecule is CCOC(=O)CCC(=O)Nc1cc([N+](=O)[O-])ccc1C. The molecule has 0 atom stereocenters. The third-order valence-electron chi connectivity index (χ3n) is 2.57. The number of nitrogens with one attached hydrogen (secondary N) is 1. The van der Waals surface area contributed by atoms with E-state index in [0.717, 1.165) is 0 Å². The molecular formula is C13H16N2O5. The molecule has 0 aliphatic carbocycles. The van der Waals surface area contributed by atoms with Crippen LogP contribution in [0.25, 0.3) is 0 Å². The van der Waals surface area contributed by atoms with Gasteiger partial charge in [-0.3, -0.25) is 19.7 Å². The van der Waals surface area contributed by atoms with Crippen LogP contribution in [0.15, 0.2) is 18.2 Å². The van der Waals surface area contributed by atoms with Crippen LogP contribution in [-0.4, -0.2) is 23.4 Å². The van der Waals surface area contributed by atoms with Crippen molar-refractivity contribution in [3.63, 3.8) is 0 Å². The first-order valence-electron chi connectivity index (χ1n) is 6.14. The number of hydrogen-bond donors (Lipinski definition) is 1. The number of nitro benzene ring substituents is 1. The quantitative estimate of drug-likeness (QED) is 0.489. The summed E-state index contributed by atoms with van der Waals surface area (Å²) in [5.41, 5.74) is 0.976. The molecule has 0 fully saturated rings. The molecule has 1 N–H and O–H groups in total. The van der Waals surface area contributed by atoms with E-state index in [1.165, 1.54) is 12.1 Å². The van der Waals surface area contributed by atoms with Crippen LogP contribution in [0, 0.1) is 17.0 Å². The first-order valence-corrected chi connectivity index (χ1v) is 6.14. The number of aryl methyl sites for hydroxylation is 1. The molecule has 0 aliphatic heterocycles. The highest BCUT2D eigenvalue weighted by Crippen LogP contribution is 2.22. The minimum absolute atomic E-state index is 0.0202. The lowest BCUT2D eigenvalue weighted by molar-refractivity contribution is -0.384. The summed E-state index contributed by atoms with van der Waals surface area (Å²) < 4.78 is 4.71. The van der Waals surface area contributed by atoms with E-state index in [1.54, 1.807) is 19.9 Å². The molecule has 0 saturated heterocycles. The smallest absolute Gasteiger partial charge is 0.306 e. The minimum atomic E-state index is -0.534. The summed E-state index contributed by atoms with van der Waals surface area (Å²) in [6.45, 7) is 3.68. The summed E-state index contributed by atoms with van der Waals surface area (Å²) in [5, 5.41) is 13.2. The highest BCUT2D eigenvalue weighted by atomic mass is 16.6. The van der Waals surface area contributed by atoms with Crippen molar-refractivity contribution in [1.82, 2.24) is 0 Å². The van der Waals surface area contributed by atoms with Crippen LogP contribution in [0.4, 0.5) is 11.4 Å². The average molecular weight is 280 g/mol. The molecule has 0 spiro atoms. The van der Waals surface area contributed by atoms with Gasteiger partial charge in [0.2, 0.25) is 5.91 Å². The number of amides is 1. The van der Waals surface area contributed by atoms with E-state index >= 15 is 0 Å². The molecule has 1 aromatic carbocycles. The van der Waals surface area contributed by atoms with Gasteiger partial charge in [0.25, 0.3) is 5.69 Å². The maximum Gasteiger partial charge on any atom is 0.306 e. The highest BCUT2D eigenvalue weighted by Gasteiger charge is 2.12. The van der Waals surface area contributed by atoms with Crippen molar-refractivity contribution in [1.29, 1.82) is 0 Å². The lowest BCUT2D eigenvalue weighted by atomic mass is 10.1. The zero-order chi connectivity index (χ0) is 15.1. The maximum absolute atomic E-state index is 11.7. The Morgan fingerprint density at radius 3 is 2.65 bits per heavy atom. The van der Waals surface area contributed by atoms with Gasteiger partial charge in [-0.15, -0.1) is 0 Å². The van der Waals surface area contributed by atoms with E-state index in [0.29, 0.717) is 11.3 Å². The molecule has 0 unspecified atom stereocenters. The van der Waals surface area contributed by atoms with E-state index in [2.05, 4.69) is 5.32 Å². The van der Waals surface area contributed by atoms with Gasteiger partial charge in [0.1, 0.15) is 0 Å². The van der Waals surface area contributed by atoms with Gasteiger partial charge in [0, 0.05) is 18.6 Å². The molecule has 7 heteroatoms. The summed E-state index contributed by atoms with van der Waals surface area (Å²) in [6, 6.07) is 4.21. The number of hydrogen-bond acceptors (Lipinski definition) is 5. The molecule has 1 amide bonds. The molecule has 0 aromatic heterocycles. The van der Waals surface area contributed by atoms with E-state index in [1.807, 2.05) is 0 Å². The molecule has 7 nitrogen and oxygen atoms in total. The van der Waals surface area contributed by atoms with Gasteiger partial charge in [0.15, 0.2) is 0 Å². The lowest BCUT2D eigenvalue weighted by Gasteiger charge is -2.08. The van der Waals surface area contributed by atoms with Gasteiger partial charge < -0.3 is 10.1 Å². The molecule has 1 aromatic rings. The molecule has 0 bridgehead atoms. The fourth-order valence-corrected chi connectivity index (χ4v) is 1.52. The average Bonchev–Trinajstić information content (AvgIpc) is 2.39. The Balaban J connectivity index is 2.63. The van der Waals surface area contributed by atoms with Crippen LogP contribution >= 0.6 is 0 Å². The Morgan fingerprint density at radius 2 is 2.05 bits per heavy atom. The molecule has 0 radical (unpaired) electrons. The summed E-state index contributed by atoms with van der Waals surface area (Å²) in [5.74, 6) is -0.833. The molecule has 108 valence electrons. The number of nitro groups is 1. The van der Waals surface area contributed by atoms with E-state index in [9.17, 15) is 19.7 Å². The van der Waals surface area contributed by atoms with Gasteiger partial charge in [-0.25, -0.2) is 0 Å². The molecule has 0 saturated carbocycles. The van der Waals surface area contributed by atoms with Crippen LogP contribution < -0.4 is 5.32 Å². The fraction of sp³-hybridized carbons (Fsp3) is 0.385. The highest BCUT2D eigenvalue weighted by molar-refractivity contribution is 5.93. The molecular weight excluding hydrogens is 264 g/mol. The van der Waals surface area contributed by atoms with Gasteiger partial charge >= 0.3 is 5.97 Å². The van der Waals surface area contributed by atoms with E-state index in [-0.39, 0.29) is 31.0 Å². The van der Waals surface area contributed by atoms with Crippen molar-refractivity contribution in [2.24, 2.45) is 0 Å². The molecule has 0 aliphatic rings. The van der Waals surface area contributed by atoms with E-state index in [4.69, 9.17) is 4.74 Å². The van der Waals surface area contributed by atoms with Gasteiger partial charge in [-0.2, -0.15) is 0 Å². The van der Waals surface area contributed by atoms with Gasteiger partial charge in [-0.1, -0.05) is 6.07 Å². The predicted molar refractivity (Wildman–Crippen MR) is 72.3 cm³/mol. The molecule has 0 heterocycles. The van der Waals surface area contributed by atoms with Crippen LogP contribution in [-0.2, 0) is 14.3 Å². The first-order chi connectivity index (χ1) is 9.43. The Bertz CT molecular complexity index is 527. The second-order valence-electron chi connectivity index (χ2n) is 4.11. The standard InChI is InChI=1S/C13H16N2O5/c1-3-20-13(17)7-6-12(16)14-11-8-10(15(18)19)5-4-9(11)2/h4-5,8H,3,6-7H2,1-2H3,(H,14,16). The monoisotopic (exact) mass is 280 g/mol. The maximum atomic E-state index is 11.7. The minimum Gasteiger partial charge on any atom is -0.466 e. The fourth-order valence-electron chi connectivity index (χ4n) is 1.52.